The van der Waals surface area contributed by atoms with Crippen molar-refractivity contribution >= 4 is 43.5 Å². The lowest BCUT2D eigenvalue weighted by Gasteiger charge is -2.17. The van der Waals surface area contributed by atoms with Crippen molar-refractivity contribution in [3.05, 3.63) is 121 Å². The maximum atomic E-state index is 9.29. The molecule has 7 rings (SSSR count). The molecule has 0 saturated carbocycles. The molecular weight excluding hydrogens is 400 g/mol. The van der Waals surface area contributed by atoms with Crippen LogP contribution in [0.3, 0.4) is 0 Å². The molecule has 0 spiro atoms. The van der Waals surface area contributed by atoms with Crippen molar-refractivity contribution < 1.29 is 26.3 Å². The Kier molecular flexibility index (Phi) is 1.83. The highest BCUT2D eigenvalue weighted by Crippen LogP contribution is 2.44. The number of fused-ring (bicyclic) bond motifs is 5. The van der Waals surface area contributed by atoms with Crippen LogP contribution in [0.1, 0.15) is 21.9 Å². The Morgan fingerprint density at radius 1 is 0.455 bits per heavy atom. The first-order valence-electron chi connectivity index (χ1n) is 18.0. The number of hydrogen-bond donors (Lipinski definition) is 0. The molecule has 1 aromatic heterocycles. The van der Waals surface area contributed by atoms with E-state index in [2.05, 4.69) is 0 Å². The fourth-order valence-electron chi connectivity index (χ4n) is 4.15. The van der Waals surface area contributed by atoms with Crippen LogP contribution in [0.5, 0.6) is 0 Å². The number of hydrogen-bond acceptors (Lipinski definition) is 1. The molecule has 33 heavy (non-hydrogen) atoms. The van der Waals surface area contributed by atoms with E-state index in [0.717, 1.165) is 0 Å². The molecule has 0 unspecified atom stereocenters. The molecule has 154 valence electrons. The summed E-state index contributed by atoms with van der Waals surface area (Å²) in [5.74, 6) is 0. The zero-order chi connectivity index (χ0) is 35.7. The van der Waals surface area contributed by atoms with Gasteiger partial charge in [-0.3, -0.25) is 0 Å². The molecule has 1 heterocycles. The Balaban J connectivity index is 1.90. The van der Waals surface area contributed by atoms with Crippen LogP contribution in [-0.2, 0) is 0 Å². The van der Waals surface area contributed by atoms with E-state index in [1.54, 1.807) is 24.3 Å². The Labute approximate surface area is 214 Å². The second-order valence-electron chi connectivity index (χ2n) is 7.30. The van der Waals surface area contributed by atoms with Crippen LogP contribution in [0.15, 0.2) is 125 Å². The molecular formula is C32H20O. The van der Waals surface area contributed by atoms with E-state index in [0.29, 0.717) is 11.0 Å². The molecule has 0 amide bonds. The summed E-state index contributed by atoms with van der Waals surface area (Å²) in [5.41, 5.74) is -1.71. The van der Waals surface area contributed by atoms with Gasteiger partial charge < -0.3 is 4.42 Å². The molecule has 6 aromatic carbocycles. The Hall–Kier alpha value is -4.36. The summed E-state index contributed by atoms with van der Waals surface area (Å²) < 4.78 is 146. The van der Waals surface area contributed by atoms with Crippen LogP contribution < -0.4 is 0 Å². The monoisotopic (exact) mass is 436 g/mol. The lowest BCUT2D eigenvalue weighted by molar-refractivity contribution is 0.669. The first-order chi connectivity index (χ1) is 23.0. The quantitative estimate of drug-likeness (QED) is 0.246. The number of rotatable bonds is 2. The predicted molar refractivity (Wildman–Crippen MR) is 140 cm³/mol. The normalized spacial score (nSPS) is 18.4. The molecule has 0 bridgehead atoms. The van der Waals surface area contributed by atoms with Gasteiger partial charge >= 0.3 is 0 Å². The highest BCUT2D eigenvalue weighted by atomic mass is 16.3. The molecule has 1 nitrogen and oxygen atoms in total. The van der Waals surface area contributed by atoms with Crippen LogP contribution in [0.2, 0.25) is 0 Å². The number of furan rings is 1. The minimum Gasteiger partial charge on any atom is -0.456 e. The SMILES string of the molecule is [2H]c1c([2H])c([2H])c(-c2c3c([2H])c([2H])c([2H])c([2H])c3c(-c3c([2H])c([2H])c4c(oc5ccccc54)c3[2H])c3c([2H])c([2H])c([2H])c([2H])c23)c([2H])c1[2H]. The number of para-hydroxylation sites is 1. The summed E-state index contributed by atoms with van der Waals surface area (Å²) in [7, 11) is 0. The van der Waals surface area contributed by atoms with Crippen LogP contribution in [0.25, 0.3) is 65.7 Å². The number of benzene rings is 6. The van der Waals surface area contributed by atoms with Crippen LogP contribution in [0.4, 0.5) is 0 Å². The largest absolute Gasteiger partial charge is 0.456 e. The van der Waals surface area contributed by atoms with Crippen LogP contribution in [0, 0.1) is 0 Å². The van der Waals surface area contributed by atoms with Gasteiger partial charge in [-0.15, -0.1) is 0 Å². The molecule has 1 heteroatoms. The third-order valence-corrected chi connectivity index (χ3v) is 5.52. The third kappa shape index (κ3) is 2.73. The maximum Gasteiger partial charge on any atom is 0.136 e. The van der Waals surface area contributed by atoms with E-state index >= 15 is 0 Å². The molecule has 0 aliphatic carbocycles. The van der Waals surface area contributed by atoms with E-state index in [9.17, 15) is 1.37 Å². The van der Waals surface area contributed by atoms with Gasteiger partial charge in [0.25, 0.3) is 0 Å². The first kappa shape index (κ1) is 8.53. The van der Waals surface area contributed by atoms with Gasteiger partial charge in [0.05, 0.1) is 21.9 Å². The average molecular weight is 437 g/mol. The van der Waals surface area contributed by atoms with E-state index in [4.69, 9.17) is 25.0 Å². The summed E-state index contributed by atoms with van der Waals surface area (Å²) in [4.78, 5) is 0. The fraction of sp³-hybridized carbons (Fsp3) is 0. The molecule has 0 saturated heterocycles. The van der Waals surface area contributed by atoms with E-state index in [-0.39, 0.29) is 11.0 Å². The van der Waals surface area contributed by atoms with Crippen molar-refractivity contribution in [2.45, 2.75) is 0 Å². The summed E-state index contributed by atoms with van der Waals surface area (Å²) >= 11 is 0. The molecule has 0 atom stereocenters. The molecule has 0 radical (unpaired) electrons. The van der Waals surface area contributed by atoms with Crippen molar-refractivity contribution in [3.8, 4) is 22.3 Å². The minimum absolute atomic E-state index is 0.127. The molecule has 7 aromatic rings. The maximum absolute atomic E-state index is 9.29. The molecule has 0 aliphatic rings. The highest BCUT2D eigenvalue weighted by molar-refractivity contribution is 6.22. The van der Waals surface area contributed by atoms with Gasteiger partial charge in [0.2, 0.25) is 0 Å². The zero-order valence-corrected chi connectivity index (χ0v) is 16.7. The van der Waals surface area contributed by atoms with Crippen molar-refractivity contribution in [3.63, 3.8) is 0 Å². The van der Waals surface area contributed by atoms with Gasteiger partial charge in [0, 0.05) is 10.8 Å². The standard InChI is InChI=1S/C32H20O/c1-2-10-21(11-3-1)31-25-13-4-6-15-27(25)32(28-16-7-5-14-26(28)31)22-18-19-24-23-12-8-9-17-29(23)33-30(24)20-22/h1-20H/i1D,2D,3D,4D,5D,6D,7D,10D,11D,13D,14D,15D,16D,18D,19D,20D. The zero-order valence-electron chi connectivity index (χ0n) is 32.7. The van der Waals surface area contributed by atoms with E-state index in [1.807, 2.05) is 0 Å². The lowest BCUT2D eigenvalue weighted by Crippen LogP contribution is -1.90. The third-order valence-electron chi connectivity index (χ3n) is 5.52. The molecule has 0 aliphatic heterocycles. The van der Waals surface area contributed by atoms with E-state index < -0.39 is 140 Å². The average Bonchev–Trinajstić information content (AvgIpc) is 3.48. The topological polar surface area (TPSA) is 13.1 Å². The van der Waals surface area contributed by atoms with Crippen LogP contribution >= 0.6 is 0 Å². The second-order valence-corrected chi connectivity index (χ2v) is 7.30. The molecule has 0 fully saturated rings. The minimum atomic E-state index is -0.792. The van der Waals surface area contributed by atoms with Crippen LogP contribution in [-0.4, -0.2) is 0 Å². The predicted octanol–water partition coefficient (Wildman–Crippen LogP) is 9.23. The Morgan fingerprint density at radius 2 is 1.03 bits per heavy atom. The van der Waals surface area contributed by atoms with Gasteiger partial charge in [-0.05, 0) is 61.9 Å². The second kappa shape index (κ2) is 7.08. The van der Waals surface area contributed by atoms with Gasteiger partial charge in [0.15, 0.2) is 0 Å². The van der Waals surface area contributed by atoms with Gasteiger partial charge in [-0.1, -0.05) is 103 Å². The smallest absolute Gasteiger partial charge is 0.136 e. The summed E-state index contributed by atoms with van der Waals surface area (Å²) in [6, 6.07) is -4.98. The summed E-state index contributed by atoms with van der Waals surface area (Å²) in [6.07, 6.45) is 0. The first-order valence-corrected chi connectivity index (χ1v) is 9.99. The van der Waals surface area contributed by atoms with Gasteiger partial charge in [-0.25, -0.2) is 0 Å². The van der Waals surface area contributed by atoms with Crippen molar-refractivity contribution in [2.24, 2.45) is 0 Å². The summed E-state index contributed by atoms with van der Waals surface area (Å²) in [6.45, 7) is 0. The Morgan fingerprint density at radius 3 is 1.70 bits per heavy atom. The summed E-state index contributed by atoms with van der Waals surface area (Å²) in [5, 5.41) is -1.25. The van der Waals surface area contributed by atoms with Crippen molar-refractivity contribution in [1.29, 1.82) is 0 Å². The molecule has 0 N–H and O–H groups in total. The van der Waals surface area contributed by atoms with E-state index in [1.165, 1.54) is 0 Å². The van der Waals surface area contributed by atoms with Crippen molar-refractivity contribution in [1.82, 2.24) is 0 Å². The highest BCUT2D eigenvalue weighted by Gasteiger charge is 2.17. The van der Waals surface area contributed by atoms with Gasteiger partial charge in [-0.2, -0.15) is 0 Å². The fourth-order valence-corrected chi connectivity index (χ4v) is 4.15. The lowest BCUT2D eigenvalue weighted by atomic mass is 9.86. The van der Waals surface area contributed by atoms with Crippen molar-refractivity contribution in [2.75, 3.05) is 0 Å². The van der Waals surface area contributed by atoms with Gasteiger partial charge in [0.1, 0.15) is 11.2 Å². The Bertz CT molecular complexity index is 2570.